The Morgan fingerprint density at radius 3 is 1.92 bits per heavy atom. The maximum atomic E-state index is 12.6. The lowest BCUT2D eigenvalue weighted by Crippen LogP contribution is -2.65. The van der Waals surface area contributed by atoms with Gasteiger partial charge in [-0.2, -0.15) is 0 Å². The molecule has 1 saturated heterocycles. The molecule has 1 aromatic rings. The van der Waals surface area contributed by atoms with Crippen molar-refractivity contribution >= 4 is 0 Å². The highest BCUT2D eigenvalue weighted by Crippen LogP contribution is 2.41. The van der Waals surface area contributed by atoms with Crippen molar-refractivity contribution < 1.29 is 4.48 Å². The van der Waals surface area contributed by atoms with Crippen molar-refractivity contribution in [1.82, 2.24) is 5.06 Å². The molecule has 1 heterocycles. The van der Waals surface area contributed by atoms with E-state index in [-0.39, 0.29) is 11.1 Å². The molecule has 0 saturated carbocycles. The van der Waals surface area contributed by atoms with Crippen molar-refractivity contribution in [2.45, 2.75) is 84.0 Å². The zero-order valence-corrected chi connectivity index (χ0v) is 16.7. The van der Waals surface area contributed by atoms with Gasteiger partial charge in [-0.3, -0.25) is 0 Å². The molecule has 1 aromatic carbocycles. The van der Waals surface area contributed by atoms with Gasteiger partial charge in [0.15, 0.2) is 0 Å². The topological polar surface area (TPSA) is 26.3 Å². The first-order chi connectivity index (χ1) is 11.0. The van der Waals surface area contributed by atoms with Crippen molar-refractivity contribution in [3.8, 4) is 0 Å². The molecule has 1 aliphatic heterocycles. The van der Waals surface area contributed by atoms with Gasteiger partial charge < -0.3 is 14.8 Å². The van der Waals surface area contributed by atoms with Gasteiger partial charge in [0, 0.05) is 29.5 Å². The molecule has 0 unspecified atom stereocenters. The summed E-state index contributed by atoms with van der Waals surface area (Å²) in [6.45, 7) is 11.6. The molecule has 0 aliphatic carbocycles. The van der Waals surface area contributed by atoms with E-state index in [9.17, 15) is 5.21 Å². The van der Waals surface area contributed by atoms with Gasteiger partial charge in [0.25, 0.3) is 0 Å². The highest BCUT2D eigenvalue weighted by Gasteiger charge is 2.46. The second-order valence-electron chi connectivity index (χ2n) is 9.48. The van der Waals surface area contributed by atoms with Crippen molar-refractivity contribution in [2.75, 3.05) is 14.1 Å². The van der Waals surface area contributed by atoms with Gasteiger partial charge in [0.2, 0.25) is 0 Å². The van der Waals surface area contributed by atoms with Gasteiger partial charge in [-0.25, -0.2) is 0 Å². The number of rotatable bonds is 5. The SMILES string of the molecule is CCCc1ccc(C[N+](C)(C)C2CC(C)(C)N([O-])C(C)(C)C2)cc1. The third-order valence-electron chi connectivity index (χ3n) is 5.71. The van der Waals surface area contributed by atoms with Crippen LogP contribution in [0, 0.1) is 5.21 Å². The van der Waals surface area contributed by atoms with E-state index >= 15 is 0 Å². The summed E-state index contributed by atoms with van der Waals surface area (Å²) in [6.07, 6.45) is 4.24. The number of nitrogens with zero attached hydrogens (tertiary/aromatic N) is 2. The Hall–Kier alpha value is -0.900. The van der Waals surface area contributed by atoms with Crippen LogP contribution in [0.15, 0.2) is 24.3 Å². The molecule has 0 radical (unpaired) electrons. The summed E-state index contributed by atoms with van der Waals surface area (Å²) in [5.41, 5.74) is 2.22. The molecule has 3 heteroatoms. The van der Waals surface area contributed by atoms with Gasteiger partial charge in [-0.15, -0.1) is 0 Å². The molecule has 0 N–H and O–H groups in total. The van der Waals surface area contributed by atoms with Crippen LogP contribution in [0.2, 0.25) is 0 Å². The zero-order chi connectivity index (χ0) is 18.2. The number of quaternary nitrogens is 1. The first-order valence-corrected chi connectivity index (χ1v) is 9.36. The van der Waals surface area contributed by atoms with Crippen molar-refractivity contribution in [3.63, 3.8) is 0 Å². The largest absolute Gasteiger partial charge is 0.784 e. The summed E-state index contributed by atoms with van der Waals surface area (Å²) in [5, 5.41) is 13.9. The smallest absolute Gasteiger partial charge is 0.104 e. The Kier molecular flexibility index (Phi) is 5.49. The van der Waals surface area contributed by atoms with Crippen LogP contribution < -0.4 is 0 Å². The maximum absolute atomic E-state index is 12.6. The Labute approximate surface area is 148 Å². The van der Waals surface area contributed by atoms with Gasteiger partial charge in [-0.05, 0) is 39.7 Å². The number of hydroxylamine groups is 2. The van der Waals surface area contributed by atoms with Crippen molar-refractivity contribution in [1.29, 1.82) is 0 Å². The summed E-state index contributed by atoms with van der Waals surface area (Å²) in [6, 6.07) is 9.60. The maximum Gasteiger partial charge on any atom is 0.104 e. The fourth-order valence-electron chi connectivity index (χ4n) is 4.40. The van der Waals surface area contributed by atoms with Crippen LogP contribution in [0.5, 0.6) is 0 Å². The van der Waals surface area contributed by atoms with Crippen LogP contribution in [0.4, 0.5) is 0 Å². The molecular weight excluding hydrogens is 296 g/mol. The van der Waals surface area contributed by atoms with Crippen LogP contribution in [0.1, 0.15) is 65.0 Å². The molecular formula is C21H36N2O. The highest BCUT2D eigenvalue weighted by atomic mass is 16.5. The normalized spacial score (nSPS) is 21.8. The van der Waals surface area contributed by atoms with E-state index in [1.807, 2.05) is 0 Å². The Morgan fingerprint density at radius 2 is 1.46 bits per heavy atom. The average Bonchev–Trinajstić information content (AvgIpc) is 2.46. The number of hydrogen-bond acceptors (Lipinski definition) is 2. The van der Waals surface area contributed by atoms with Crippen LogP contribution in [-0.4, -0.2) is 40.8 Å². The van der Waals surface area contributed by atoms with Gasteiger partial charge in [-0.1, -0.05) is 37.6 Å². The van der Waals surface area contributed by atoms with Gasteiger partial charge >= 0.3 is 0 Å². The second-order valence-corrected chi connectivity index (χ2v) is 9.48. The molecule has 1 aliphatic rings. The Bertz CT molecular complexity index is 527. The number of piperidine rings is 1. The molecule has 24 heavy (non-hydrogen) atoms. The van der Waals surface area contributed by atoms with Crippen LogP contribution in [0.3, 0.4) is 0 Å². The molecule has 1 fully saturated rings. The predicted molar refractivity (Wildman–Crippen MR) is 103 cm³/mol. The lowest BCUT2D eigenvalue weighted by Gasteiger charge is -2.61. The summed E-state index contributed by atoms with van der Waals surface area (Å²) < 4.78 is 0.938. The minimum absolute atomic E-state index is 0.299. The van der Waals surface area contributed by atoms with E-state index in [1.54, 1.807) is 0 Å². The minimum atomic E-state index is -0.299. The molecule has 3 nitrogen and oxygen atoms in total. The highest BCUT2D eigenvalue weighted by molar-refractivity contribution is 5.22. The molecule has 0 aromatic heterocycles. The molecule has 0 spiro atoms. The third kappa shape index (κ3) is 4.19. The van der Waals surface area contributed by atoms with Crippen LogP contribution in [0.25, 0.3) is 0 Å². The Morgan fingerprint density at radius 1 is 1.00 bits per heavy atom. The van der Waals surface area contributed by atoms with Gasteiger partial charge in [0.05, 0.1) is 20.1 Å². The molecule has 0 atom stereocenters. The molecule has 136 valence electrons. The van der Waals surface area contributed by atoms with E-state index in [0.29, 0.717) is 6.04 Å². The van der Waals surface area contributed by atoms with E-state index in [4.69, 9.17) is 0 Å². The molecule has 2 rings (SSSR count). The fourth-order valence-corrected chi connectivity index (χ4v) is 4.40. The van der Waals surface area contributed by atoms with E-state index in [0.717, 1.165) is 30.3 Å². The predicted octanol–water partition coefficient (Wildman–Crippen LogP) is 4.73. The van der Waals surface area contributed by atoms with Crippen LogP contribution >= 0.6 is 0 Å². The quantitative estimate of drug-likeness (QED) is 0.728. The fraction of sp³-hybridized carbons (Fsp3) is 0.714. The number of aryl methyl sites for hydroxylation is 1. The number of benzene rings is 1. The van der Waals surface area contributed by atoms with E-state index in [2.05, 4.69) is 73.0 Å². The summed E-state index contributed by atoms with van der Waals surface area (Å²) in [5.74, 6) is 0. The third-order valence-corrected chi connectivity index (χ3v) is 5.71. The van der Waals surface area contributed by atoms with Crippen LogP contribution in [-0.2, 0) is 13.0 Å². The summed E-state index contributed by atoms with van der Waals surface area (Å²) in [7, 11) is 4.63. The molecule has 0 bridgehead atoms. The monoisotopic (exact) mass is 332 g/mol. The summed E-state index contributed by atoms with van der Waals surface area (Å²) in [4.78, 5) is 0. The van der Waals surface area contributed by atoms with Gasteiger partial charge in [0.1, 0.15) is 6.54 Å². The first-order valence-electron chi connectivity index (χ1n) is 9.36. The van der Waals surface area contributed by atoms with Crippen molar-refractivity contribution in [2.24, 2.45) is 0 Å². The standard InChI is InChI=1S/C21H36N2O/c1-8-9-17-10-12-18(13-11-17)16-23(6,7)19-14-20(2,3)22(24)21(4,5)15-19/h10-13,19H,8-9,14-16H2,1-7H3. The first kappa shape index (κ1) is 19.4. The Balaban J connectivity index is 2.14. The van der Waals surface area contributed by atoms with E-state index in [1.165, 1.54) is 22.6 Å². The molecule has 0 amide bonds. The van der Waals surface area contributed by atoms with E-state index < -0.39 is 0 Å². The lowest BCUT2D eigenvalue weighted by atomic mass is 9.77. The second kappa shape index (κ2) is 6.78. The minimum Gasteiger partial charge on any atom is -0.784 e. The average molecular weight is 333 g/mol. The summed E-state index contributed by atoms with van der Waals surface area (Å²) >= 11 is 0. The number of hydrogen-bond donors (Lipinski definition) is 0. The lowest BCUT2D eigenvalue weighted by molar-refractivity contribution is -0.930. The zero-order valence-electron chi connectivity index (χ0n) is 16.7. The van der Waals surface area contributed by atoms with Crippen molar-refractivity contribution in [3.05, 3.63) is 40.6 Å².